The monoisotopic (exact) mass is 397 g/mol. The summed E-state index contributed by atoms with van der Waals surface area (Å²) in [5.74, 6) is -0.743. The van der Waals surface area contributed by atoms with Gasteiger partial charge in [-0.15, -0.1) is 0 Å². The molecule has 29 heavy (non-hydrogen) atoms. The van der Waals surface area contributed by atoms with E-state index in [0.717, 1.165) is 29.7 Å². The Hall–Kier alpha value is -2.80. The first-order valence-electron chi connectivity index (χ1n) is 9.67. The van der Waals surface area contributed by atoms with Crippen molar-refractivity contribution in [3.05, 3.63) is 47.7 Å². The Labute approximate surface area is 169 Å². The van der Waals surface area contributed by atoms with Gasteiger partial charge in [-0.2, -0.15) is 0 Å². The molecule has 2 aromatic rings. The Morgan fingerprint density at radius 2 is 2.00 bits per heavy atom. The quantitative estimate of drug-likeness (QED) is 0.737. The van der Waals surface area contributed by atoms with Gasteiger partial charge in [0.15, 0.2) is 0 Å². The first-order chi connectivity index (χ1) is 13.9. The second-order valence-corrected chi connectivity index (χ2v) is 7.95. The van der Waals surface area contributed by atoms with Crippen LogP contribution in [-0.4, -0.2) is 49.4 Å². The minimum absolute atomic E-state index is 0.112. The summed E-state index contributed by atoms with van der Waals surface area (Å²) in [4.78, 5) is 23.2. The number of esters is 1. The molecule has 0 unspecified atom stereocenters. The highest BCUT2D eigenvalue weighted by Gasteiger charge is 2.36. The molecule has 1 fully saturated rings. The van der Waals surface area contributed by atoms with E-state index in [2.05, 4.69) is 14.9 Å². The van der Waals surface area contributed by atoms with Gasteiger partial charge < -0.3 is 14.4 Å². The van der Waals surface area contributed by atoms with Crippen LogP contribution in [0.5, 0.6) is 0 Å². The average Bonchev–Trinajstić information content (AvgIpc) is 2.72. The van der Waals surface area contributed by atoms with E-state index < -0.39 is 11.4 Å². The summed E-state index contributed by atoms with van der Waals surface area (Å²) >= 11 is 0. The van der Waals surface area contributed by atoms with E-state index in [-0.39, 0.29) is 12.2 Å². The Balaban J connectivity index is 1.79. The summed E-state index contributed by atoms with van der Waals surface area (Å²) in [5, 5.41) is 0.745. The van der Waals surface area contributed by atoms with Gasteiger partial charge in [0.2, 0.25) is 0 Å². The molecule has 0 amide bonds. The second kappa shape index (κ2) is 7.55. The Bertz CT molecular complexity index is 1020. The highest BCUT2D eigenvalue weighted by Crippen LogP contribution is 2.44. The molecule has 0 bridgehead atoms. The molecule has 0 spiro atoms. The van der Waals surface area contributed by atoms with Gasteiger partial charge in [0.05, 0.1) is 31.5 Å². The standard InChI is InChI=1S/C22H24FN3O3/c1-22(2)12-18(23)16(11-17(22)21(27)28-3)20-15-5-4-14(10-19(15)24-13-25-20)26-6-8-29-9-7-26/h4-5,10-11,13H,6-9,12H2,1-3H3. The Morgan fingerprint density at radius 1 is 1.24 bits per heavy atom. The maximum Gasteiger partial charge on any atom is 0.334 e. The lowest BCUT2D eigenvalue weighted by molar-refractivity contribution is -0.137. The van der Waals surface area contributed by atoms with Crippen molar-refractivity contribution in [2.24, 2.45) is 5.41 Å². The summed E-state index contributed by atoms with van der Waals surface area (Å²) in [6.45, 7) is 6.70. The maximum absolute atomic E-state index is 15.1. The van der Waals surface area contributed by atoms with Gasteiger partial charge in [0.25, 0.3) is 0 Å². The lowest BCUT2D eigenvalue weighted by Gasteiger charge is -2.30. The first kappa shape index (κ1) is 19.5. The van der Waals surface area contributed by atoms with E-state index in [1.807, 2.05) is 32.0 Å². The number of morpholine rings is 1. The normalized spacial score (nSPS) is 19.3. The van der Waals surface area contributed by atoms with Crippen LogP contribution >= 0.6 is 0 Å². The van der Waals surface area contributed by atoms with Crippen molar-refractivity contribution in [2.45, 2.75) is 20.3 Å². The number of nitrogens with zero attached hydrogens (tertiary/aromatic N) is 3. The molecule has 0 radical (unpaired) electrons. The van der Waals surface area contributed by atoms with Crippen molar-refractivity contribution in [1.29, 1.82) is 0 Å². The van der Waals surface area contributed by atoms with Gasteiger partial charge >= 0.3 is 5.97 Å². The molecule has 2 heterocycles. The van der Waals surface area contributed by atoms with Crippen molar-refractivity contribution in [3.8, 4) is 0 Å². The minimum atomic E-state index is -0.646. The summed E-state index contributed by atoms with van der Waals surface area (Å²) in [7, 11) is 1.33. The van der Waals surface area contributed by atoms with Crippen molar-refractivity contribution >= 4 is 28.1 Å². The van der Waals surface area contributed by atoms with Gasteiger partial charge in [0, 0.05) is 47.1 Å². The van der Waals surface area contributed by atoms with E-state index >= 15 is 4.39 Å². The van der Waals surface area contributed by atoms with E-state index in [1.54, 1.807) is 6.08 Å². The molecular formula is C22H24FN3O3. The molecule has 4 rings (SSSR count). The number of carbonyl (C=O) groups is 1. The van der Waals surface area contributed by atoms with Crippen LogP contribution < -0.4 is 4.90 Å². The number of halogens is 1. The van der Waals surface area contributed by atoms with Crippen LogP contribution in [0.1, 0.15) is 26.0 Å². The number of hydrogen-bond acceptors (Lipinski definition) is 6. The third kappa shape index (κ3) is 3.62. The van der Waals surface area contributed by atoms with Crippen molar-refractivity contribution in [3.63, 3.8) is 0 Å². The number of allylic oxidation sites excluding steroid dienone is 3. The van der Waals surface area contributed by atoms with E-state index in [4.69, 9.17) is 9.47 Å². The maximum atomic E-state index is 15.1. The smallest absolute Gasteiger partial charge is 0.334 e. The third-order valence-corrected chi connectivity index (χ3v) is 5.56. The van der Waals surface area contributed by atoms with Crippen LogP contribution in [0.25, 0.3) is 16.5 Å². The van der Waals surface area contributed by atoms with Gasteiger partial charge in [-0.3, -0.25) is 0 Å². The van der Waals surface area contributed by atoms with Crippen LogP contribution in [0.15, 0.2) is 42.0 Å². The number of aromatic nitrogens is 2. The van der Waals surface area contributed by atoms with Crippen molar-refractivity contribution < 1.29 is 18.7 Å². The van der Waals surface area contributed by atoms with Gasteiger partial charge in [-0.1, -0.05) is 13.8 Å². The van der Waals surface area contributed by atoms with Gasteiger partial charge in [0.1, 0.15) is 12.2 Å². The molecule has 6 nitrogen and oxygen atoms in total. The largest absolute Gasteiger partial charge is 0.466 e. The van der Waals surface area contributed by atoms with Crippen LogP contribution in [0.4, 0.5) is 10.1 Å². The number of rotatable bonds is 3. The summed E-state index contributed by atoms with van der Waals surface area (Å²) in [6.07, 6.45) is 3.12. The number of benzene rings is 1. The zero-order valence-electron chi connectivity index (χ0n) is 16.9. The molecule has 1 saturated heterocycles. The zero-order valence-corrected chi connectivity index (χ0v) is 16.9. The Kier molecular flexibility index (Phi) is 5.08. The number of hydrogen-bond donors (Lipinski definition) is 0. The third-order valence-electron chi connectivity index (χ3n) is 5.56. The number of methoxy groups -OCH3 is 1. The highest BCUT2D eigenvalue weighted by molar-refractivity contribution is 5.99. The lowest BCUT2D eigenvalue weighted by atomic mass is 9.75. The molecule has 1 aromatic carbocycles. The minimum Gasteiger partial charge on any atom is -0.466 e. The molecule has 0 saturated carbocycles. The fourth-order valence-electron chi connectivity index (χ4n) is 3.92. The fraction of sp³-hybridized carbons (Fsp3) is 0.409. The second-order valence-electron chi connectivity index (χ2n) is 7.95. The van der Waals surface area contributed by atoms with Gasteiger partial charge in [-0.25, -0.2) is 19.2 Å². The molecule has 0 atom stereocenters. The molecule has 1 aliphatic heterocycles. The molecule has 7 heteroatoms. The Morgan fingerprint density at radius 3 is 2.72 bits per heavy atom. The highest BCUT2D eigenvalue weighted by atomic mass is 19.1. The van der Waals surface area contributed by atoms with Crippen LogP contribution in [0, 0.1) is 5.41 Å². The SMILES string of the molecule is COC(=O)C1=CC(c2ncnc3cc(N4CCOCC4)ccc23)=C(F)CC1(C)C. The van der Waals surface area contributed by atoms with E-state index in [1.165, 1.54) is 13.4 Å². The number of anilines is 1. The fourth-order valence-corrected chi connectivity index (χ4v) is 3.92. The van der Waals surface area contributed by atoms with Crippen molar-refractivity contribution in [2.75, 3.05) is 38.3 Å². The average molecular weight is 397 g/mol. The van der Waals surface area contributed by atoms with Crippen molar-refractivity contribution in [1.82, 2.24) is 9.97 Å². The lowest BCUT2D eigenvalue weighted by Crippen LogP contribution is -2.36. The van der Waals surface area contributed by atoms with Crippen LogP contribution in [0.2, 0.25) is 0 Å². The summed E-state index contributed by atoms with van der Waals surface area (Å²) in [6, 6.07) is 5.90. The van der Waals surface area contributed by atoms with Crippen LogP contribution in [0.3, 0.4) is 0 Å². The molecule has 1 aliphatic carbocycles. The van der Waals surface area contributed by atoms with Crippen LogP contribution in [-0.2, 0) is 14.3 Å². The molecule has 1 aromatic heterocycles. The molecule has 152 valence electrons. The molecule has 2 aliphatic rings. The van der Waals surface area contributed by atoms with E-state index in [9.17, 15) is 4.79 Å². The molecule has 0 N–H and O–H groups in total. The number of carbonyl (C=O) groups excluding carboxylic acids is 1. The number of fused-ring (bicyclic) bond motifs is 1. The number of ether oxygens (including phenoxy) is 2. The predicted octanol–water partition coefficient (Wildman–Crippen LogP) is 3.68. The topological polar surface area (TPSA) is 64.5 Å². The van der Waals surface area contributed by atoms with E-state index in [0.29, 0.717) is 30.1 Å². The zero-order chi connectivity index (χ0) is 20.6. The summed E-state index contributed by atoms with van der Waals surface area (Å²) < 4.78 is 25.4. The van der Waals surface area contributed by atoms with Gasteiger partial charge in [-0.05, 0) is 24.3 Å². The predicted molar refractivity (Wildman–Crippen MR) is 109 cm³/mol. The first-order valence-corrected chi connectivity index (χ1v) is 9.67. The molecular weight excluding hydrogens is 373 g/mol. The summed E-state index contributed by atoms with van der Waals surface area (Å²) in [5.41, 5.74) is 2.38.